The molecule has 0 radical (unpaired) electrons. The van der Waals surface area contributed by atoms with Gasteiger partial charge in [0, 0.05) is 19.6 Å². The zero-order valence-corrected chi connectivity index (χ0v) is 15.1. The Balaban J connectivity index is 2.32. The SMILES string of the molecule is CC1CCCN1c1cc(Cl)c(F)c(-c2c(Br)cnn2C)c1C#N. The van der Waals surface area contributed by atoms with Gasteiger partial charge in [0.05, 0.1) is 38.2 Å². The third-order valence-electron chi connectivity index (χ3n) is 4.30. The second-order valence-electron chi connectivity index (χ2n) is 5.70. The van der Waals surface area contributed by atoms with Crippen molar-refractivity contribution in [3.63, 3.8) is 0 Å². The zero-order chi connectivity index (χ0) is 16.7. The van der Waals surface area contributed by atoms with Gasteiger partial charge in [-0.3, -0.25) is 4.68 Å². The van der Waals surface area contributed by atoms with E-state index in [1.807, 2.05) is 0 Å². The van der Waals surface area contributed by atoms with Gasteiger partial charge in [0.15, 0.2) is 5.82 Å². The van der Waals surface area contributed by atoms with E-state index in [1.165, 1.54) is 4.68 Å². The number of halogens is 3. The highest BCUT2D eigenvalue weighted by Crippen LogP contribution is 2.41. The van der Waals surface area contributed by atoms with Crippen molar-refractivity contribution in [1.29, 1.82) is 5.26 Å². The van der Waals surface area contributed by atoms with E-state index in [0.29, 0.717) is 27.5 Å². The van der Waals surface area contributed by atoms with Crippen LogP contribution in [0.2, 0.25) is 5.02 Å². The summed E-state index contributed by atoms with van der Waals surface area (Å²) in [5.74, 6) is -0.594. The molecule has 23 heavy (non-hydrogen) atoms. The van der Waals surface area contributed by atoms with Crippen LogP contribution in [0.25, 0.3) is 11.3 Å². The minimum atomic E-state index is -0.594. The summed E-state index contributed by atoms with van der Waals surface area (Å²) in [6.07, 6.45) is 3.67. The lowest BCUT2D eigenvalue weighted by Crippen LogP contribution is -2.27. The Morgan fingerprint density at radius 2 is 2.26 bits per heavy atom. The average Bonchev–Trinajstić information content (AvgIpc) is 3.08. The Bertz CT molecular complexity index is 792. The van der Waals surface area contributed by atoms with Gasteiger partial charge in [-0.05, 0) is 41.8 Å². The monoisotopic (exact) mass is 396 g/mol. The van der Waals surface area contributed by atoms with Crippen molar-refractivity contribution >= 4 is 33.2 Å². The van der Waals surface area contributed by atoms with Gasteiger partial charge >= 0.3 is 0 Å². The molecular weight excluding hydrogens is 383 g/mol. The summed E-state index contributed by atoms with van der Waals surface area (Å²) in [5, 5.41) is 13.8. The molecule has 1 atom stereocenters. The molecule has 0 spiro atoms. The van der Waals surface area contributed by atoms with Gasteiger partial charge in [0.25, 0.3) is 0 Å². The van der Waals surface area contributed by atoms with Crippen molar-refractivity contribution in [2.75, 3.05) is 11.4 Å². The first-order chi connectivity index (χ1) is 11.0. The van der Waals surface area contributed by atoms with E-state index in [9.17, 15) is 9.65 Å². The van der Waals surface area contributed by atoms with Crippen molar-refractivity contribution in [1.82, 2.24) is 9.78 Å². The predicted octanol–water partition coefficient (Wildman–Crippen LogP) is 4.50. The first-order valence-corrected chi connectivity index (χ1v) is 8.49. The maximum atomic E-state index is 14.8. The molecule has 1 unspecified atom stereocenters. The van der Waals surface area contributed by atoms with Crippen LogP contribution < -0.4 is 4.90 Å². The Hall–Kier alpha value is -1.58. The molecule has 1 aromatic heterocycles. The lowest BCUT2D eigenvalue weighted by atomic mass is 10.0. The van der Waals surface area contributed by atoms with Crippen molar-refractivity contribution in [2.45, 2.75) is 25.8 Å². The second-order valence-corrected chi connectivity index (χ2v) is 6.96. The molecule has 0 amide bonds. The molecule has 1 aromatic carbocycles. The molecule has 2 heterocycles. The van der Waals surface area contributed by atoms with E-state index in [4.69, 9.17) is 11.6 Å². The molecule has 0 saturated carbocycles. The highest BCUT2D eigenvalue weighted by Gasteiger charge is 2.29. The number of aromatic nitrogens is 2. The first-order valence-electron chi connectivity index (χ1n) is 7.32. The Labute approximate surface area is 147 Å². The number of nitriles is 1. The number of anilines is 1. The highest BCUT2D eigenvalue weighted by molar-refractivity contribution is 9.10. The fraction of sp³-hybridized carbons (Fsp3) is 0.375. The lowest BCUT2D eigenvalue weighted by molar-refractivity contribution is 0.627. The molecule has 1 saturated heterocycles. The van der Waals surface area contributed by atoms with E-state index in [1.54, 1.807) is 19.3 Å². The normalized spacial score (nSPS) is 17.6. The zero-order valence-electron chi connectivity index (χ0n) is 12.8. The standard InChI is InChI=1S/C16H15BrClFN4/c1-9-4-3-5-23(9)13-6-12(18)15(19)14(10(13)7-20)16-11(17)8-21-22(16)2/h6,8-9H,3-5H2,1-2H3. The Kier molecular flexibility index (Phi) is 4.35. The van der Waals surface area contributed by atoms with Crippen LogP contribution in [0.3, 0.4) is 0 Å². The van der Waals surface area contributed by atoms with E-state index in [-0.39, 0.29) is 10.6 Å². The molecule has 1 aliphatic rings. The molecule has 120 valence electrons. The van der Waals surface area contributed by atoms with Gasteiger partial charge in [0.2, 0.25) is 0 Å². The van der Waals surface area contributed by atoms with E-state index in [0.717, 1.165) is 19.4 Å². The minimum Gasteiger partial charge on any atom is -0.368 e. The van der Waals surface area contributed by atoms with Crippen LogP contribution in [-0.4, -0.2) is 22.4 Å². The van der Waals surface area contributed by atoms with Crippen LogP contribution in [0.5, 0.6) is 0 Å². The summed E-state index contributed by atoms with van der Waals surface area (Å²) in [6.45, 7) is 2.94. The van der Waals surface area contributed by atoms with Gasteiger partial charge in [-0.2, -0.15) is 10.4 Å². The molecule has 0 bridgehead atoms. The van der Waals surface area contributed by atoms with Gasteiger partial charge in [-0.25, -0.2) is 4.39 Å². The molecule has 0 aliphatic carbocycles. The number of aryl methyl sites for hydroxylation is 1. The van der Waals surface area contributed by atoms with Crippen LogP contribution in [0.15, 0.2) is 16.7 Å². The molecule has 1 fully saturated rings. The first kappa shape index (κ1) is 16.3. The maximum absolute atomic E-state index is 14.8. The third-order valence-corrected chi connectivity index (χ3v) is 5.16. The average molecular weight is 398 g/mol. The van der Waals surface area contributed by atoms with Gasteiger partial charge in [0.1, 0.15) is 6.07 Å². The Morgan fingerprint density at radius 1 is 1.52 bits per heavy atom. The molecule has 0 N–H and O–H groups in total. The summed E-state index contributed by atoms with van der Waals surface area (Å²) in [4.78, 5) is 2.12. The molecule has 1 aliphatic heterocycles. The predicted molar refractivity (Wildman–Crippen MR) is 92.1 cm³/mol. The van der Waals surface area contributed by atoms with Gasteiger partial charge in [-0.1, -0.05) is 11.6 Å². The molecular formula is C16H15BrClFN4. The van der Waals surface area contributed by atoms with Crippen LogP contribution >= 0.6 is 27.5 Å². The number of hydrogen-bond donors (Lipinski definition) is 0. The van der Waals surface area contributed by atoms with E-state index >= 15 is 0 Å². The fourth-order valence-electron chi connectivity index (χ4n) is 3.16. The summed E-state index contributed by atoms with van der Waals surface area (Å²) in [6, 6.07) is 4.03. The molecule has 7 heteroatoms. The fourth-order valence-corrected chi connectivity index (χ4v) is 3.90. The summed E-state index contributed by atoms with van der Waals surface area (Å²) in [7, 11) is 1.71. The van der Waals surface area contributed by atoms with Crippen LogP contribution in [-0.2, 0) is 7.05 Å². The van der Waals surface area contributed by atoms with Crippen molar-refractivity contribution < 1.29 is 4.39 Å². The largest absolute Gasteiger partial charge is 0.368 e. The van der Waals surface area contributed by atoms with Gasteiger partial charge < -0.3 is 4.90 Å². The minimum absolute atomic E-state index is 0.0150. The van der Waals surface area contributed by atoms with Crippen LogP contribution in [0, 0.1) is 17.1 Å². The summed E-state index contributed by atoms with van der Waals surface area (Å²) in [5.41, 5.74) is 1.69. The van der Waals surface area contributed by atoms with Crippen molar-refractivity contribution in [3.05, 3.63) is 33.1 Å². The third kappa shape index (κ3) is 2.62. The summed E-state index contributed by atoms with van der Waals surface area (Å²) >= 11 is 9.52. The Morgan fingerprint density at radius 3 is 2.78 bits per heavy atom. The summed E-state index contributed by atoms with van der Waals surface area (Å²) < 4.78 is 16.9. The molecule has 3 rings (SSSR count). The van der Waals surface area contributed by atoms with E-state index < -0.39 is 5.82 Å². The number of hydrogen-bond acceptors (Lipinski definition) is 3. The van der Waals surface area contributed by atoms with Crippen molar-refractivity contribution in [3.8, 4) is 17.3 Å². The quantitative estimate of drug-likeness (QED) is 0.749. The second kappa shape index (κ2) is 6.14. The topological polar surface area (TPSA) is 44.9 Å². The molecule has 2 aromatic rings. The van der Waals surface area contributed by atoms with Crippen LogP contribution in [0.1, 0.15) is 25.3 Å². The maximum Gasteiger partial charge on any atom is 0.152 e. The smallest absolute Gasteiger partial charge is 0.152 e. The molecule has 4 nitrogen and oxygen atoms in total. The highest BCUT2D eigenvalue weighted by atomic mass is 79.9. The number of nitrogens with zero attached hydrogens (tertiary/aromatic N) is 4. The van der Waals surface area contributed by atoms with Crippen LogP contribution in [0.4, 0.5) is 10.1 Å². The van der Waals surface area contributed by atoms with Gasteiger partial charge in [-0.15, -0.1) is 0 Å². The number of benzene rings is 1. The lowest BCUT2D eigenvalue weighted by Gasteiger charge is -2.26. The van der Waals surface area contributed by atoms with E-state index in [2.05, 4.69) is 38.9 Å². The number of rotatable bonds is 2. The van der Waals surface area contributed by atoms with Crippen molar-refractivity contribution in [2.24, 2.45) is 7.05 Å².